The van der Waals surface area contributed by atoms with E-state index in [0.29, 0.717) is 13.0 Å². The van der Waals surface area contributed by atoms with Gasteiger partial charge in [-0.15, -0.1) is 0 Å². The second kappa shape index (κ2) is 5.91. The fraction of sp³-hybridized carbons (Fsp3) is 0.273. The standard InChI is InChI=1S/C11H14N6O2/c12-11-15-3-7(4-16-11)2-14-9(10(18)19)1-8-5-13-6-17-8/h3-6,9,14H,1-2H2,(H,13,17)(H,18,19)(H2,12,15,16). The summed E-state index contributed by atoms with van der Waals surface area (Å²) in [6.45, 7) is 0.353. The maximum atomic E-state index is 11.2. The molecule has 5 N–H and O–H groups in total. The molecule has 2 aromatic heterocycles. The van der Waals surface area contributed by atoms with Crippen molar-refractivity contribution in [2.45, 2.75) is 19.0 Å². The van der Waals surface area contributed by atoms with Crippen LogP contribution < -0.4 is 11.1 Å². The summed E-state index contributed by atoms with van der Waals surface area (Å²) in [5, 5.41) is 12.1. The lowest BCUT2D eigenvalue weighted by molar-refractivity contribution is -0.139. The van der Waals surface area contributed by atoms with Crippen molar-refractivity contribution in [3.05, 3.63) is 36.2 Å². The number of hydrogen-bond donors (Lipinski definition) is 4. The van der Waals surface area contributed by atoms with Crippen molar-refractivity contribution < 1.29 is 9.90 Å². The van der Waals surface area contributed by atoms with Crippen LogP contribution in [0.3, 0.4) is 0 Å². The average Bonchev–Trinajstić information content (AvgIpc) is 2.89. The summed E-state index contributed by atoms with van der Waals surface area (Å²) in [4.78, 5) is 25.6. The number of carboxylic acids is 1. The van der Waals surface area contributed by atoms with E-state index in [4.69, 9.17) is 10.8 Å². The fourth-order valence-corrected chi connectivity index (χ4v) is 1.56. The first-order valence-electron chi connectivity index (χ1n) is 5.65. The van der Waals surface area contributed by atoms with Gasteiger partial charge < -0.3 is 15.8 Å². The molecule has 0 saturated carbocycles. The summed E-state index contributed by atoms with van der Waals surface area (Å²) in [6.07, 6.45) is 6.56. The molecule has 0 aliphatic heterocycles. The Kier molecular flexibility index (Phi) is 4.04. The predicted molar refractivity (Wildman–Crippen MR) is 67.0 cm³/mol. The zero-order valence-corrected chi connectivity index (χ0v) is 10.1. The summed E-state index contributed by atoms with van der Waals surface area (Å²) in [5.41, 5.74) is 6.90. The van der Waals surface area contributed by atoms with Crippen LogP contribution >= 0.6 is 0 Å². The zero-order valence-electron chi connectivity index (χ0n) is 10.1. The number of carboxylic acid groups (broad SMARTS) is 1. The number of H-pyrrole nitrogens is 1. The lowest BCUT2D eigenvalue weighted by Gasteiger charge is -2.13. The highest BCUT2D eigenvalue weighted by Gasteiger charge is 2.17. The molecule has 0 spiro atoms. The van der Waals surface area contributed by atoms with E-state index in [9.17, 15) is 4.79 Å². The van der Waals surface area contributed by atoms with Crippen LogP contribution in [0.2, 0.25) is 0 Å². The lowest BCUT2D eigenvalue weighted by atomic mass is 10.1. The minimum atomic E-state index is -0.925. The van der Waals surface area contributed by atoms with Crippen LogP contribution in [0.25, 0.3) is 0 Å². The summed E-state index contributed by atoms with van der Waals surface area (Å²) in [7, 11) is 0. The van der Waals surface area contributed by atoms with Crippen molar-refractivity contribution in [3.8, 4) is 0 Å². The molecule has 1 unspecified atom stereocenters. The number of hydrogen-bond acceptors (Lipinski definition) is 6. The van der Waals surface area contributed by atoms with Crippen LogP contribution in [0.15, 0.2) is 24.9 Å². The van der Waals surface area contributed by atoms with E-state index in [0.717, 1.165) is 11.3 Å². The van der Waals surface area contributed by atoms with Gasteiger partial charge in [0.25, 0.3) is 0 Å². The van der Waals surface area contributed by atoms with Gasteiger partial charge in [-0.05, 0) is 0 Å². The van der Waals surface area contributed by atoms with E-state index in [1.807, 2.05) is 0 Å². The second-order valence-corrected chi connectivity index (χ2v) is 4.00. The molecule has 0 aliphatic carbocycles. The maximum absolute atomic E-state index is 11.2. The summed E-state index contributed by atoms with van der Waals surface area (Å²) in [6, 6.07) is -0.710. The molecule has 0 radical (unpaired) electrons. The second-order valence-electron chi connectivity index (χ2n) is 4.00. The van der Waals surface area contributed by atoms with E-state index in [2.05, 4.69) is 25.3 Å². The molecule has 2 rings (SSSR count). The highest BCUT2D eigenvalue weighted by atomic mass is 16.4. The fourth-order valence-electron chi connectivity index (χ4n) is 1.56. The van der Waals surface area contributed by atoms with Gasteiger partial charge in [-0.25, -0.2) is 15.0 Å². The molecule has 2 aromatic rings. The van der Waals surface area contributed by atoms with Crippen LogP contribution in [0.4, 0.5) is 5.95 Å². The predicted octanol–water partition coefficient (Wildman–Crippen LogP) is -0.433. The van der Waals surface area contributed by atoms with Crippen LogP contribution in [0, 0.1) is 0 Å². The van der Waals surface area contributed by atoms with Crippen molar-refractivity contribution in [3.63, 3.8) is 0 Å². The summed E-state index contributed by atoms with van der Waals surface area (Å²) in [5.74, 6) is -0.734. The third-order valence-electron chi connectivity index (χ3n) is 2.55. The van der Waals surface area contributed by atoms with E-state index in [1.54, 1.807) is 18.6 Å². The third kappa shape index (κ3) is 3.75. The van der Waals surface area contributed by atoms with Crippen molar-refractivity contribution in [2.24, 2.45) is 0 Å². The molecule has 2 heterocycles. The van der Waals surface area contributed by atoms with Gasteiger partial charge in [0.05, 0.1) is 6.33 Å². The molecule has 8 nitrogen and oxygen atoms in total. The monoisotopic (exact) mass is 262 g/mol. The maximum Gasteiger partial charge on any atom is 0.321 e. The van der Waals surface area contributed by atoms with Crippen LogP contribution in [-0.2, 0) is 17.8 Å². The van der Waals surface area contributed by atoms with E-state index < -0.39 is 12.0 Å². The normalized spacial score (nSPS) is 12.2. The largest absolute Gasteiger partial charge is 0.480 e. The van der Waals surface area contributed by atoms with Gasteiger partial charge in [0.2, 0.25) is 5.95 Å². The molecule has 0 aromatic carbocycles. The van der Waals surface area contributed by atoms with Crippen molar-refractivity contribution in [1.82, 2.24) is 25.3 Å². The number of carbonyl (C=O) groups is 1. The number of aromatic amines is 1. The van der Waals surface area contributed by atoms with Crippen LogP contribution in [-0.4, -0.2) is 37.1 Å². The highest BCUT2D eigenvalue weighted by molar-refractivity contribution is 5.73. The Labute approximate surface area is 109 Å². The number of imidazole rings is 1. The van der Waals surface area contributed by atoms with Gasteiger partial charge in [-0.1, -0.05) is 0 Å². The van der Waals surface area contributed by atoms with E-state index in [-0.39, 0.29) is 5.95 Å². The number of rotatable bonds is 6. The molecule has 0 aliphatic rings. The molecular weight excluding hydrogens is 248 g/mol. The number of nitrogens with zero attached hydrogens (tertiary/aromatic N) is 3. The Balaban J connectivity index is 1.93. The van der Waals surface area contributed by atoms with Gasteiger partial charge in [-0.3, -0.25) is 10.1 Å². The number of aromatic nitrogens is 4. The number of aliphatic carboxylic acids is 1. The molecule has 0 saturated heterocycles. The summed E-state index contributed by atoms with van der Waals surface area (Å²) < 4.78 is 0. The Morgan fingerprint density at radius 3 is 2.74 bits per heavy atom. The van der Waals surface area contributed by atoms with Crippen molar-refractivity contribution in [1.29, 1.82) is 0 Å². The van der Waals surface area contributed by atoms with Gasteiger partial charge in [0, 0.05) is 42.8 Å². The van der Waals surface area contributed by atoms with Crippen LogP contribution in [0.1, 0.15) is 11.3 Å². The lowest BCUT2D eigenvalue weighted by Crippen LogP contribution is -2.38. The minimum absolute atomic E-state index is 0.191. The van der Waals surface area contributed by atoms with Gasteiger partial charge in [-0.2, -0.15) is 0 Å². The SMILES string of the molecule is Nc1ncc(CNC(Cc2cnc[nH]2)C(=O)O)cn1. The molecule has 0 fully saturated rings. The first-order chi connectivity index (χ1) is 9.15. The summed E-state index contributed by atoms with van der Waals surface area (Å²) >= 11 is 0. The van der Waals surface area contributed by atoms with Crippen molar-refractivity contribution in [2.75, 3.05) is 5.73 Å². The molecule has 0 amide bonds. The average molecular weight is 262 g/mol. The smallest absolute Gasteiger partial charge is 0.321 e. The first-order valence-corrected chi connectivity index (χ1v) is 5.65. The first kappa shape index (κ1) is 13.0. The van der Waals surface area contributed by atoms with Gasteiger partial charge in [0.1, 0.15) is 6.04 Å². The molecule has 8 heteroatoms. The number of anilines is 1. The Hall–Kier alpha value is -2.48. The molecule has 19 heavy (non-hydrogen) atoms. The topological polar surface area (TPSA) is 130 Å². The molecular formula is C11H14N6O2. The third-order valence-corrected chi connectivity index (χ3v) is 2.55. The number of nitrogens with two attached hydrogens (primary N) is 1. The van der Waals surface area contributed by atoms with Gasteiger partial charge >= 0.3 is 5.97 Å². The molecule has 100 valence electrons. The van der Waals surface area contributed by atoms with Crippen LogP contribution in [0.5, 0.6) is 0 Å². The minimum Gasteiger partial charge on any atom is -0.480 e. The Morgan fingerprint density at radius 1 is 1.42 bits per heavy atom. The number of nitrogens with one attached hydrogen (secondary N) is 2. The van der Waals surface area contributed by atoms with Gasteiger partial charge in [0.15, 0.2) is 0 Å². The zero-order chi connectivity index (χ0) is 13.7. The number of nitrogen functional groups attached to an aromatic ring is 1. The molecule has 1 atom stereocenters. The molecule has 0 bridgehead atoms. The van der Waals surface area contributed by atoms with E-state index >= 15 is 0 Å². The Morgan fingerprint density at radius 2 is 2.16 bits per heavy atom. The van der Waals surface area contributed by atoms with E-state index in [1.165, 1.54) is 6.33 Å². The quantitative estimate of drug-likeness (QED) is 0.555. The Bertz CT molecular complexity index is 525. The highest BCUT2D eigenvalue weighted by Crippen LogP contribution is 2.02. The van der Waals surface area contributed by atoms with Crippen molar-refractivity contribution >= 4 is 11.9 Å².